The van der Waals surface area contributed by atoms with E-state index in [2.05, 4.69) is 100 Å². The average molecular weight is 429 g/mol. The molecule has 2 nitrogen and oxygen atoms in total. The molecule has 0 aliphatic carbocycles. The molecular formula is C30H40N2. The van der Waals surface area contributed by atoms with Crippen LogP contribution in [0.1, 0.15) is 60.9 Å². The maximum absolute atomic E-state index is 4.58. The van der Waals surface area contributed by atoms with Gasteiger partial charge in [0.1, 0.15) is 0 Å². The zero-order valence-electron chi connectivity index (χ0n) is 20.7. The number of hydrogen-bond acceptors (Lipinski definition) is 2. The smallest absolute Gasteiger partial charge is 0.0786 e. The summed E-state index contributed by atoms with van der Waals surface area (Å²) in [4.78, 5) is 4.58. The van der Waals surface area contributed by atoms with Crippen molar-refractivity contribution in [2.24, 2.45) is 4.99 Å². The molecule has 2 aromatic carbocycles. The number of allylic oxidation sites excluding steroid dienone is 4. The number of nitrogens with one attached hydrogen (secondary N) is 1. The number of nitrogens with zero attached hydrogens (tertiary/aromatic N) is 1. The van der Waals surface area contributed by atoms with Crippen molar-refractivity contribution in [2.45, 2.75) is 60.3 Å². The fourth-order valence-electron chi connectivity index (χ4n) is 3.82. The van der Waals surface area contributed by atoms with Crippen molar-refractivity contribution in [3.05, 3.63) is 100 Å². The second kappa shape index (κ2) is 13.5. The lowest BCUT2D eigenvalue weighted by molar-refractivity contribution is 0.639. The van der Waals surface area contributed by atoms with Crippen LogP contribution in [0.5, 0.6) is 0 Å². The first-order valence-electron chi connectivity index (χ1n) is 11.7. The fourth-order valence-corrected chi connectivity index (χ4v) is 3.82. The van der Waals surface area contributed by atoms with Gasteiger partial charge in [-0.1, -0.05) is 72.2 Å². The van der Waals surface area contributed by atoms with Crippen LogP contribution in [0.2, 0.25) is 0 Å². The summed E-state index contributed by atoms with van der Waals surface area (Å²) >= 11 is 0. The normalized spacial score (nSPS) is 11.6. The highest BCUT2D eigenvalue weighted by atomic mass is 14.9. The van der Waals surface area contributed by atoms with Crippen molar-refractivity contribution in [3.8, 4) is 0 Å². The summed E-state index contributed by atoms with van der Waals surface area (Å²) in [6, 6.07) is 15.3. The van der Waals surface area contributed by atoms with Gasteiger partial charge >= 0.3 is 0 Å². The molecule has 2 heteroatoms. The highest BCUT2D eigenvalue weighted by Gasteiger charge is 2.03. The lowest BCUT2D eigenvalue weighted by Gasteiger charge is -2.12. The third-order valence-electron chi connectivity index (χ3n) is 5.39. The standard InChI is InChI=1S/C30H40N2/c1-23(2)15-17-31-22-29(21-27(6)30-14-10-9-12-26(30)5)32-16-11-7-8-13-28-19-24(3)18-25(4)20-28/h9-10,12,14-15,17-21,32H,6-8,11,13,16,22H2,1-5H3/b29-21+,31-17?. The Labute approximate surface area is 195 Å². The molecule has 0 amide bonds. The maximum atomic E-state index is 4.58. The molecular weight excluding hydrogens is 388 g/mol. The maximum Gasteiger partial charge on any atom is 0.0786 e. The predicted octanol–water partition coefficient (Wildman–Crippen LogP) is 7.55. The molecule has 2 rings (SSSR count). The van der Waals surface area contributed by atoms with Gasteiger partial charge in [0.15, 0.2) is 0 Å². The van der Waals surface area contributed by atoms with Crippen molar-refractivity contribution >= 4 is 11.8 Å². The van der Waals surface area contributed by atoms with E-state index in [1.54, 1.807) is 0 Å². The van der Waals surface area contributed by atoms with Crippen LogP contribution in [0, 0.1) is 20.8 Å². The number of rotatable bonds is 12. The van der Waals surface area contributed by atoms with Crippen molar-refractivity contribution in [2.75, 3.05) is 13.1 Å². The summed E-state index contributed by atoms with van der Waals surface area (Å²) in [5.74, 6) is 0. The minimum Gasteiger partial charge on any atom is -0.387 e. The Kier molecular flexibility index (Phi) is 10.7. The van der Waals surface area contributed by atoms with Crippen molar-refractivity contribution in [1.82, 2.24) is 5.32 Å². The lowest BCUT2D eigenvalue weighted by atomic mass is 10.0. The van der Waals surface area contributed by atoms with Crippen LogP contribution in [-0.4, -0.2) is 19.3 Å². The zero-order chi connectivity index (χ0) is 23.3. The van der Waals surface area contributed by atoms with Gasteiger partial charge in [0.2, 0.25) is 0 Å². The Morgan fingerprint density at radius 3 is 2.38 bits per heavy atom. The van der Waals surface area contributed by atoms with Crippen LogP contribution in [0.25, 0.3) is 5.57 Å². The van der Waals surface area contributed by atoms with E-state index < -0.39 is 0 Å². The molecule has 0 fully saturated rings. The monoisotopic (exact) mass is 428 g/mol. The third kappa shape index (κ3) is 9.51. The molecule has 1 N–H and O–H groups in total. The molecule has 0 saturated carbocycles. The van der Waals surface area contributed by atoms with Crippen LogP contribution in [0.15, 0.2) is 77.5 Å². The summed E-state index contributed by atoms with van der Waals surface area (Å²) in [5, 5.41) is 3.61. The van der Waals surface area contributed by atoms with Crippen molar-refractivity contribution in [1.29, 1.82) is 0 Å². The molecule has 170 valence electrons. The first kappa shape index (κ1) is 25.4. The SMILES string of the molecule is C=C(/C=C(\CN=CC=C(C)C)NCCCCCc1cc(C)cc(C)c1)c1ccccc1C. The molecule has 2 aromatic rings. The van der Waals surface area contributed by atoms with E-state index in [-0.39, 0.29) is 0 Å². The molecule has 0 aliphatic heterocycles. The van der Waals surface area contributed by atoms with Gasteiger partial charge in [0, 0.05) is 18.5 Å². The molecule has 0 aliphatic rings. The Bertz CT molecular complexity index is 952. The van der Waals surface area contributed by atoms with E-state index in [0.717, 1.165) is 30.7 Å². The van der Waals surface area contributed by atoms with Crippen LogP contribution in [0.4, 0.5) is 0 Å². The summed E-state index contributed by atoms with van der Waals surface area (Å²) in [6.07, 6.45) is 10.8. The minimum atomic E-state index is 0.636. The van der Waals surface area contributed by atoms with Crippen LogP contribution >= 0.6 is 0 Å². The first-order valence-corrected chi connectivity index (χ1v) is 11.7. The Morgan fingerprint density at radius 1 is 0.969 bits per heavy atom. The van der Waals surface area contributed by atoms with Crippen molar-refractivity contribution < 1.29 is 0 Å². The number of benzene rings is 2. The zero-order valence-corrected chi connectivity index (χ0v) is 20.7. The van der Waals surface area contributed by atoms with Gasteiger partial charge in [-0.3, -0.25) is 4.99 Å². The highest BCUT2D eigenvalue weighted by molar-refractivity contribution is 5.75. The summed E-state index contributed by atoms with van der Waals surface area (Å²) in [6.45, 7) is 16.6. The van der Waals surface area contributed by atoms with Crippen LogP contribution in [0.3, 0.4) is 0 Å². The van der Waals surface area contributed by atoms with E-state index in [4.69, 9.17) is 0 Å². The average Bonchev–Trinajstić information content (AvgIpc) is 2.72. The lowest BCUT2D eigenvalue weighted by Crippen LogP contribution is -2.17. The molecule has 0 atom stereocenters. The van der Waals surface area contributed by atoms with E-state index in [9.17, 15) is 0 Å². The molecule has 0 spiro atoms. The van der Waals surface area contributed by atoms with Crippen molar-refractivity contribution in [3.63, 3.8) is 0 Å². The predicted molar refractivity (Wildman–Crippen MR) is 143 cm³/mol. The summed E-state index contributed by atoms with van der Waals surface area (Å²) < 4.78 is 0. The van der Waals surface area contributed by atoms with Gasteiger partial charge in [-0.05, 0) is 88.3 Å². The van der Waals surface area contributed by atoms with Gasteiger partial charge in [-0.15, -0.1) is 0 Å². The molecule has 32 heavy (non-hydrogen) atoms. The second-order valence-corrected chi connectivity index (χ2v) is 8.98. The number of hydrogen-bond donors (Lipinski definition) is 1. The molecule has 0 radical (unpaired) electrons. The van der Waals surface area contributed by atoms with Gasteiger partial charge in [-0.2, -0.15) is 0 Å². The Morgan fingerprint density at radius 2 is 1.69 bits per heavy atom. The quantitative estimate of drug-likeness (QED) is 0.211. The minimum absolute atomic E-state index is 0.636. The fraction of sp³-hybridized carbons (Fsp3) is 0.367. The first-order chi connectivity index (χ1) is 15.3. The van der Waals surface area contributed by atoms with Crippen LogP contribution in [-0.2, 0) is 6.42 Å². The summed E-state index contributed by atoms with van der Waals surface area (Å²) in [7, 11) is 0. The van der Waals surface area contributed by atoms with E-state index in [1.165, 1.54) is 46.2 Å². The number of unbranched alkanes of at least 4 members (excludes halogenated alkanes) is 2. The van der Waals surface area contributed by atoms with Gasteiger partial charge < -0.3 is 5.32 Å². The molecule has 0 aromatic heterocycles. The Hall–Kier alpha value is -2.87. The Balaban J connectivity index is 1.89. The topological polar surface area (TPSA) is 24.4 Å². The van der Waals surface area contributed by atoms with Gasteiger partial charge in [0.05, 0.1) is 6.54 Å². The number of aryl methyl sites for hydroxylation is 4. The number of aliphatic imine (C=N–C) groups is 1. The van der Waals surface area contributed by atoms with E-state index >= 15 is 0 Å². The summed E-state index contributed by atoms with van der Waals surface area (Å²) in [5.41, 5.74) is 10.0. The van der Waals surface area contributed by atoms with Gasteiger partial charge in [-0.25, -0.2) is 0 Å². The van der Waals surface area contributed by atoms with Gasteiger partial charge in [0.25, 0.3) is 0 Å². The highest BCUT2D eigenvalue weighted by Crippen LogP contribution is 2.19. The molecule has 0 heterocycles. The molecule has 0 unspecified atom stereocenters. The van der Waals surface area contributed by atoms with E-state index in [1.807, 2.05) is 12.3 Å². The second-order valence-electron chi connectivity index (χ2n) is 8.98. The third-order valence-corrected chi connectivity index (χ3v) is 5.39. The molecule has 0 bridgehead atoms. The van der Waals surface area contributed by atoms with E-state index in [0.29, 0.717) is 6.54 Å². The van der Waals surface area contributed by atoms with Crippen LogP contribution < -0.4 is 5.32 Å². The molecule has 0 saturated heterocycles. The largest absolute Gasteiger partial charge is 0.387 e.